The van der Waals surface area contributed by atoms with Gasteiger partial charge in [0.15, 0.2) is 0 Å². The summed E-state index contributed by atoms with van der Waals surface area (Å²) < 4.78 is 0. The van der Waals surface area contributed by atoms with Crippen LogP contribution in [0, 0.1) is 17.8 Å². The first kappa shape index (κ1) is 11.1. The first-order valence-electron chi connectivity index (χ1n) is 6.70. The van der Waals surface area contributed by atoms with Crippen LogP contribution in [0.25, 0.3) is 0 Å². The zero-order chi connectivity index (χ0) is 11.1. The second kappa shape index (κ2) is 4.32. The Morgan fingerprint density at radius 2 is 1.62 bits per heavy atom. The van der Waals surface area contributed by atoms with Crippen molar-refractivity contribution in [3.63, 3.8) is 0 Å². The predicted molar refractivity (Wildman–Crippen MR) is 67.4 cm³/mol. The third kappa shape index (κ3) is 2.03. The maximum absolute atomic E-state index is 12.0. The van der Waals surface area contributed by atoms with Crippen molar-refractivity contribution in [2.24, 2.45) is 17.8 Å². The Morgan fingerprint density at radius 3 is 2.25 bits per heavy atom. The van der Waals surface area contributed by atoms with Gasteiger partial charge in [0.2, 0.25) is 5.91 Å². The highest BCUT2D eigenvalue weighted by atomic mass is 79.9. The summed E-state index contributed by atoms with van der Waals surface area (Å²) in [5.41, 5.74) is 0. The van der Waals surface area contributed by atoms with Crippen LogP contribution in [-0.4, -0.2) is 16.8 Å². The van der Waals surface area contributed by atoms with E-state index in [-0.39, 0.29) is 0 Å². The van der Waals surface area contributed by atoms with Gasteiger partial charge in [-0.05, 0) is 50.4 Å². The van der Waals surface area contributed by atoms with Gasteiger partial charge < -0.3 is 5.32 Å². The van der Waals surface area contributed by atoms with E-state index in [2.05, 4.69) is 21.2 Å². The van der Waals surface area contributed by atoms with Gasteiger partial charge in [-0.2, -0.15) is 0 Å². The van der Waals surface area contributed by atoms with E-state index in [9.17, 15) is 4.79 Å². The minimum Gasteiger partial charge on any atom is -0.353 e. The molecule has 0 heterocycles. The lowest BCUT2D eigenvalue weighted by Crippen LogP contribution is -2.39. The van der Waals surface area contributed by atoms with Crippen molar-refractivity contribution in [1.82, 2.24) is 5.32 Å². The topological polar surface area (TPSA) is 29.1 Å². The Bertz CT molecular complexity index is 276. The first-order chi connectivity index (χ1) is 7.75. The number of carbonyl (C=O) groups is 1. The molecule has 0 aromatic heterocycles. The van der Waals surface area contributed by atoms with Crippen molar-refractivity contribution in [2.45, 2.75) is 55.8 Å². The molecule has 0 aromatic rings. The van der Waals surface area contributed by atoms with E-state index >= 15 is 0 Å². The summed E-state index contributed by atoms with van der Waals surface area (Å²) in [6.07, 6.45) is 8.69. The van der Waals surface area contributed by atoms with Crippen LogP contribution >= 0.6 is 15.9 Å². The summed E-state index contributed by atoms with van der Waals surface area (Å²) in [5.74, 6) is 2.28. The van der Waals surface area contributed by atoms with Crippen LogP contribution in [0.1, 0.15) is 44.9 Å². The van der Waals surface area contributed by atoms with Gasteiger partial charge in [0.05, 0.1) is 0 Å². The molecule has 0 bridgehead atoms. The third-order valence-corrected chi connectivity index (χ3v) is 5.63. The van der Waals surface area contributed by atoms with Crippen molar-refractivity contribution >= 4 is 21.8 Å². The van der Waals surface area contributed by atoms with Gasteiger partial charge in [0.25, 0.3) is 0 Å². The Labute approximate surface area is 106 Å². The summed E-state index contributed by atoms with van der Waals surface area (Å²) in [4.78, 5) is 12.7. The molecular weight excluding hydrogens is 266 g/mol. The van der Waals surface area contributed by atoms with Crippen molar-refractivity contribution in [3.8, 4) is 0 Å². The van der Waals surface area contributed by atoms with Crippen molar-refractivity contribution in [2.75, 3.05) is 0 Å². The van der Waals surface area contributed by atoms with Crippen LogP contribution in [0.5, 0.6) is 0 Å². The summed E-state index contributed by atoms with van der Waals surface area (Å²) in [5, 5.41) is 3.27. The Kier molecular flexibility index (Phi) is 2.99. The Hall–Kier alpha value is -0.0500. The highest BCUT2D eigenvalue weighted by molar-refractivity contribution is 9.09. The van der Waals surface area contributed by atoms with E-state index in [0.717, 1.165) is 24.7 Å². The van der Waals surface area contributed by atoms with Crippen LogP contribution in [0.2, 0.25) is 0 Å². The van der Waals surface area contributed by atoms with Gasteiger partial charge >= 0.3 is 0 Å². The molecule has 2 nitrogen and oxygen atoms in total. The molecule has 3 aliphatic carbocycles. The van der Waals surface area contributed by atoms with Crippen LogP contribution in [0.15, 0.2) is 0 Å². The fraction of sp³-hybridized carbons (Fsp3) is 0.923. The summed E-state index contributed by atoms with van der Waals surface area (Å²) in [6, 6.07) is 0.461. The third-order valence-electron chi connectivity index (χ3n) is 4.71. The standard InChI is InChI=1S/C13H20BrNO/c14-8-4-6-9(7-5-8)15-13(16)12-10-2-1-3-11(10)12/h8-12H,1-7H2,(H,15,16). The van der Waals surface area contributed by atoms with Crippen molar-refractivity contribution < 1.29 is 4.79 Å². The van der Waals surface area contributed by atoms with E-state index in [1.807, 2.05) is 0 Å². The van der Waals surface area contributed by atoms with Gasteiger partial charge in [0, 0.05) is 16.8 Å². The number of hydrogen-bond acceptors (Lipinski definition) is 1. The monoisotopic (exact) mass is 285 g/mol. The fourth-order valence-corrected chi connectivity index (χ4v) is 4.23. The lowest BCUT2D eigenvalue weighted by molar-refractivity contribution is -0.124. The fourth-order valence-electron chi connectivity index (χ4n) is 3.70. The van der Waals surface area contributed by atoms with Crippen molar-refractivity contribution in [1.29, 1.82) is 0 Å². The molecule has 3 rings (SSSR count). The normalized spacial score (nSPS) is 46.2. The van der Waals surface area contributed by atoms with E-state index in [1.54, 1.807) is 0 Å². The number of halogens is 1. The number of nitrogens with one attached hydrogen (secondary N) is 1. The van der Waals surface area contributed by atoms with Crippen LogP contribution in [0.4, 0.5) is 0 Å². The van der Waals surface area contributed by atoms with Crippen LogP contribution in [0.3, 0.4) is 0 Å². The number of carbonyl (C=O) groups excluding carboxylic acids is 1. The van der Waals surface area contributed by atoms with Crippen LogP contribution in [-0.2, 0) is 4.79 Å². The zero-order valence-corrected chi connectivity index (χ0v) is 11.2. The molecule has 2 atom stereocenters. The molecule has 3 aliphatic rings. The second-order valence-corrected chi connectivity index (χ2v) is 7.04. The summed E-state index contributed by atoms with van der Waals surface area (Å²) >= 11 is 3.65. The molecule has 3 saturated carbocycles. The highest BCUT2D eigenvalue weighted by Crippen LogP contribution is 2.57. The maximum Gasteiger partial charge on any atom is 0.223 e. The number of amides is 1. The molecule has 0 saturated heterocycles. The molecule has 0 aromatic carbocycles. The largest absolute Gasteiger partial charge is 0.353 e. The molecule has 2 unspecified atom stereocenters. The lowest BCUT2D eigenvalue weighted by atomic mass is 9.95. The Morgan fingerprint density at radius 1 is 1.00 bits per heavy atom. The van der Waals surface area contributed by atoms with Gasteiger partial charge in [-0.25, -0.2) is 0 Å². The smallest absolute Gasteiger partial charge is 0.223 e. The van der Waals surface area contributed by atoms with Gasteiger partial charge in [-0.15, -0.1) is 0 Å². The SMILES string of the molecule is O=C(NC1CCC(Br)CC1)C1C2CCCC21. The molecular formula is C13H20BrNO. The Balaban J connectivity index is 1.47. The minimum absolute atomic E-state index is 0.368. The van der Waals surface area contributed by atoms with E-state index in [4.69, 9.17) is 0 Å². The number of rotatable bonds is 2. The quantitative estimate of drug-likeness (QED) is 0.777. The molecule has 1 amide bonds. The number of alkyl halides is 1. The highest BCUT2D eigenvalue weighted by Gasteiger charge is 2.56. The summed E-state index contributed by atoms with van der Waals surface area (Å²) in [6.45, 7) is 0. The predicted octanol–water partition coefficient (Wildman–Crippen LogP) is 2.85. The lowest BCUT2D eigenvalue weighted by Gasteiger charge is -2.26. The summed E-state index contributed by atoms with van der Waals surface area (Å²) in [7, 11) is 0. The molecule has 0 spiro atoms. The molecule has 0 aliphatic heterocycles. The van der Waals surface area contributed by atoms with E-state index < -0.39 is 0 Å². The molecule has 1 N–H and O–H groups in total. The molecule has 3 heteroatoms. The van der Waals surface area contributed by atoms with E-state index in [1.165, 1.54) is 32.1 Å². The average Bonchev–Trinajstić information content (AvgIpc) is 2.76. The van der Waals surface area contributed by atoms with Gasteiger partial charge in [-0.3, -0.25) is 4.79 Å². The molecule has 0 radical (unpaired) electrons. The first-order valence-corrected chi connectivity index (χ1v) is 7.61. The van der Waals surface area contributed by atoms with Gasteiger partial charge in [0.1, 0.15) is 0 Å². The molecule has 3 fully saturated rings. The van der Waals surface area contributed by atoms with Crippen LogP contribution < -0.4 is 5.32 Å². The molecule has 90 valence electrons. The van der Waals surface area contributed by atoms with Crippen molar-refractivity contribution in [3.05, 3.63) is 0 Å². The zero-order valence-electron chi connectivity index (χ0n) is 9.62. The maximum atomic E-state index is 12.0. The average molecular weight is 286 g/mol. The van der Waals surface area contributed by atoms with Gasteiger partial charge in [-0.1, -0.05) is 22.4 Å². The minimum atomic E-state index is 0.368. The number of hydrogen-bond donors (Lipinski definition) is 1. The second-order valence-electron chi connectivity index (χ2n) is 5.74. The number of fused-ring (bicyclic) bond motifs is 1. The van der Waals surface area contributed by atoms with E-state index in [0.29, 0.717) is 22.7 Å². The molecule has 16 heavy (non-hydrogen) atoms.